The first-order valence-corrected chi connectivity index (χ1v) is 8.54. The number of ether oxygens (including phenoxy) is 2. The molecule has 0 N–H and O–H groups in total. The number of rotatable bonds is 5. The van der Waals surface area contributed by atoms with Gasteiger partial charge in [-0.05, 0) is 34.4 Å². The van der Waals surface area contributed by atoms with E-state index in [1.54, 1.807) is 30.3 Å². The molecule has 3 aromatic carbocycles. The number of esters is 2. The highest BCUT2D eigenvalue weighted by atomic mass is 16.5. The number of aldehydes is 1. The van der Waals surface area contributed by atoms with Crippen molar-refractivity contribution in [1.29, 1.82) is 0 Å². The number of benzene rings is 3. The highest BCUT2D eigenvalue weighted by Gasteiger charge is 2.19. The van der Waals surface area contributed by atoms with Crippen molar-refractivity contribution in [3.8, 4) is 22.3 Å². The van der Waals surface area contributed by atoms with Crippen LogP contribution in [0, 0.1) is 0 Å². The molecule has 0 radical (unpaired) electrons. The third kappa shape index (κ3) is 3.83. The summed E-state index contributed by atoms with van der Waals surface area (Å²) >= 11 is 0. The van der Waals surface area contributed by atoms with Crippen LogP contribution in [-0.4, -0.2) is 32.4 Å². The predicted molar refractivity (Wildman–Crippen MR) is 105 cm³/mol. The number of methoxy groups -OCH3 is 2. The van der Waals surface area contributed by atoms with Crippen LogP contribution >= 0.6 is 0 Å². The molecular weight excluding hydrogens is 356 g/mol. The van der Waals surface area contributed by atoms with Crippen LogP contribution < -0.4 is 0 Å². The van der Waals surface area contributed by atoms with Crippen LogP contribution in [0.1, 0.15) is 31.1 Å². The molecule has 0 atom stereocenters. The van der Waals surface area contributed by atoms with Crippen molar-refractivity contribution in [2.24, 2.45) is 0 Å². The molecule has 3 aromatic rings. The lowest BCUT2D eigenvalue weighted by atomic mass is 9.96. The summed E-state index contributed by atoms with van der Waals surface area (Å²) in [6.45, 7) is 0. The van der Waals surface area contributed by atoms with E-state index in [1.807, 2.05) is 36.4 Å². The first-order chi connectivity index (χ1) is 13.6. The van der Waals surface area contributed by atoms with E-state index in [0.29, 0.717) is 5.56 Å². The van der Waals surface area contributed by atoms with Gasteiger partial charge < -0.3 is 9.47 Å². The van der Waals surface area contributed by atoms with E-state index in [4.69, 9.17) is 9.47 Å². The van der Waals surface area contributed by atoms with Gasteiger partial charge in [-0.15, -0.1) is 0 Å². The van der Waals surface area contributed by atoms with Gasteiger partial charge in [0.2, 0.25) is 0 Å². The third-order valence-electron chi connectivity index (χ3n) is 4.43. The first-order valence-electron chi connectivity index (χ1n) is 8.54. The fourth-order valence-corrected chi connectivity index (χ4v) is 2.90. The number of carbonyl (C=O) groups is 3. The topological polar surface area (TPSA) is 69.7 Å². The molecule has 3 rings (SSSR count). The molecule has 0 heterocycles. The van der Waals surface area contributed by atoms with E-state index in [0.717, 1.165) is 28.5 Å². The second-order valence-electron chi connectivity index (χ2n) is 6.06. The van der Waals surface area contributed by atoms with Gasteiger partial charge >= 0.3 is 11.9 Å². The summed E-state index contributed by atoms with van der Waals surface area (Å²) in [5.74, 6) is -1.20. The molecule has 0 aliphatic heterocycles. The molecule has 5 nitrogen and oxygen atoms in total. The molecule has 0 amide bonds. The van der Waals surface area contributed by atoms with Gasteiger partial charge in [0.1, 0.15) is 6.29 Å². The maximum absolute atomic E-state index is 12.1. The highest BCUT2D eigenvalue weighted by Crippen LogP contribution is 2.27. The second kappa shape index (κ2) is 8.31. The quantitative estimate of drug-likeness (QED) is 0.489. The third-order valence-corrected chi connectivity index (χ3v) is 4.43. The Kier molecular flexibility index (Phi) is 5.65. The number of hydrogen-bond acceptors (Lipinski definition) is 5. The molecule has 0 aliphatic rings. The summed E-state index contributed by atoms with van der Waals surface area (Å²) in [7, 11) is 2.53. The average Bonchev–Trinajstić information content (AvgIpc) is 2.77. The van der Waals surface area contributed by atoms with E-state index in [2.05, 4.69) is 0 Å². The zero-order valence-corrected chi connectivity index (χ0v) is 15.5. The van der Waals surface area contributed by atoms with Gasteiger partial charge in [-0.1, -0.05) is 54.6 Å². The van der Waals surface area contributed by atoms with Crippen molar-refractivity contribution in [3.63, 3.8) is 0 Å². The fourth-order valence-electron chi connectivity index (χ4n) is 2.90. The van der Waals surface area contributed by atoms with E-state index in [1.165, 1.54) is 14.2 Å². The van der Waals surface area contributed by atoms with Gasteiger partial charge in [-0.3, -0.25) is 4.79 Å². The van der Waals surface area contributed by atoms with Crippen molar-refractivity contribution in [2.45, 2.75) is 0 Å². The second-order valence-corrected chi connectivity index (χ2v) is 6.06. The van der Waals surface area contributed by atoms with Crippen molar-refractivity contribution < 1.29 is 23.9 Å². The van der Waals surface area contributed by atoms with E-state index >= 15 is 0 Å². The minimum atomic E-state index is -0.603. The number of hydrogen-bond donors (Lipinski definition) is 0. The van der Waals surface area contributed by atoms with E-state index < -0.39 is 11.9 Å². The molecule has 0 aliphatic carbocycles. The van der Waals surface area contributed by atoms with Gasteiger partial charge in [-0.25, -0.2) is 9.59 Å². The molecule has 0 bridgehead atoms. The zero-order valence-electron chi connectivity index (χ0n) is 15.5. The summed E-state index contributed by atoms with van der Waals surface area (Å²) in [6, 6.07) is 20.0. The molecule has 0 fully saturated rings. The van der Waals surface area contributed by atoms with Gasteiger partial charge in [-0.2, -0.15) is 0 Å². The smallest absolute Gasteiger partial charge is 0.338 e. The van der Waals surface area contributed by atoms with Crippen LogP contribution in [0.5, 0.6) is 0 Å². The Morgan fingerprint density at radius 3 is 1.57 bits per heavy atom. The number of carbonyl (C=O) groups excluding carboxylic acids is 3. The summed E-state index contributed by atoms with van der Waals surface area (Å²) in [4.78, 5) is 34.7. The maximum Gasteiger partial charge on any atom is 0.338 e. The van der Waals surface area contributed by atoms with E-state index in [-0.39, 0.29) is 11.1 Å². The minimum Gasteiger partial charge on any atom is -0.465 e. The first kappa shape index (κ1) is 19.0. The molecule has 0 saturated heterocycles. The molecule has 0 spiro atoms. The molecular formula is C23H18O5. The van der Waals surface area contributed by atoms with Crippen molar-refractivity contribution >= 4 is 18.2 Å². The van der Waals surface area contributed by atoms with Crippen LogP contribution in [0.3, 0.4) is 0 Å². The van der Waals surface area contributed by atoms with Crippen molar-refractivity contribution in [1.82, 2.24) is 0 Å². The standard InChI is InChI=1S/C23H18O5/c1-27-22(25)20-12-11-19(13-21(20)23(26)28-2)18-9-7-17(8-10-18)16-5-3-15(14-24)4-6-16/h3-14H,1-2H3. The summed E-state index contributed by atoms with van der Waals surface area (Å²) in [6.07, 6.45) is 0.809. The van der Waals surface area contributed by atoms with Gasteiger partial charge in [0.25, 0.3) is 0 Å². The van der Waals surface area contributed by atoms with Crippen LogP contribution in [0.15, 0.2) is 66.7 Å². The summed E-state index contributed by atoms with van der Waals surface area (Å²) in [5.41, 5.74) is 4.59. The SMILES string of the molecule is COC(=O)c1ccc(-c2ccc(-c3ccc(C=O)cc3)cc2)cc1C(=O)OC. The average molecular weight is 374 g/mol. The zero-order chi connectivity index (χ0) is 20.1. The Hall–Kier alpha value is -3.73. The van der Waals surface area contributed by atoms with Crippen LogP contribution in [0.25, 0.3) is 22.3 Å². The molecule has 0 aromatic heterocycles. The lowest BCUT2D eigenvalue weighted by molar-refractivity contribution is 0.0555. The lowest BCUT2D eigenvalue weighted by Crippen LogP contribution is -2.11. The molecule has 140 valence electrons. The van der Waals surface area contributed by atoms with E-state index in [9.17, 15) is 14.4 Å². The summed E-state index contributed by atoms with van der Waals surface area (Å²) < 4.78 is 9.52. The summed E-state index contributed by atoms with van der Waals surface area (Å²) in [5, 5.41) is 0. The Labute approximate surface area is 162 Å². The van der Waals surface area contributed by atoms with Crippen LogP contribution in [0.2, 0.25) is 0 Å². The minimum absolute atomic E-state index is 0.153. The maximum atomic E-state index is 12.1. The molecule has 28 heavy (non-hydrogen) atoms. The van der Waals surface area contributed by atoms with Crippen molar-refractivity contribution in [3.05, 3.63) is 83.4 Å². The Balaban J connectivity index is 1.95. The Bertz CT molecular complexity index is 1020. The van der Waals surface area contributed by atoms with Gasteiger partial charge in [0.05, 0.1) is 25.3 Å². The highest BCUT2D eigenvalue weighted by molar-refractivity contribution is 6.04. The molecule has 0 saturated carbocycles. The lowest BCUT2D eigenvalue weighted by Gasteiger charge is -2.10. The molecule has 5 heteroatoms. The van der Waals surface area contributed by atoms with Gasteiger partial charge in [0, 0.05) is 5.56 Å². The Morgan fingerprint density at radius 2 is 1.07 bits per heavy atom. The predicted octanol–water partition coefficient (Wildman–Crippen LogP) is 4.41. The van der Waals surface area contributed by atoms with Crippen LogP contribution in [-0.2, 0) is 9.47 Å². The van der Waals surface area contributed by atoms with Crippen LogP contribution in [0.4, 0.5) is 0 Å². The fraction of sp³-hybridized carbons (Fsp3) is 0.0870. The normalized spacial score (nSPS) is 10.2. The monoisotopic (exact) mass is 374 g/mol. The molecule has 0 unspecified atom stereocenters. The largest absolute Gasteiger partial charge is 0.465 e. The van der Waals surface area contributed by atoms with Crippen molar-refractivity contribution in [2.75, 3.05) is 14.2 Å². The van der Waals surface area contributed by atoms with Gasteiger partial charge in [0.15, 0.2) is 0 Å². The Morgan fingerprint density at radius 1 is 0.643 bits per heavy atom.